The number of halogens is 2. The molecule has 1 aromatic carbocycles. The highest BCUT2D eigenvalue weighted by Gasteiger charge is 2.28. The summed E-state index contributed by atoms with van der Waals surface area (Å²) in [5, 5.41) is 2.96. The van der Waals surface area contributed by atoms with Gasteiger partial charge in [0.25, 0.3) is 5.91 Å². The van der Waals surface area contributed by atoms with Crippen molar-refractivity contribution in [1.29, 1.82) is 0 Å². The van der Waals surface area contributed by atoms with Crippen LogP contribution in [-0.4, -0.2) is 36.0 Å². The summed E-state index contributed by atoms with van der Waals surface area (Å²) in [6.45, 7) is 7.05. The smallest absolute Gasteiger partial charge is 0.252 e. The van der Waals surface area contributed by atoms with Crippen molar-refractivity contribution in [2.45, 2.75) is 38.6 Å². The molecular weight excluding hydrogens is 335 g/mol. The first kappa shape index (κ1) is 16.4. The maximum absolute atomic E-state index is 13.1. The van der Waals surface area contributed by atoms with Crippen molar-refractivity contribution in [1.82, 2.24) is 10.2 Å². The van der Waals surface area contributed by atoms with E-state index in [-0.39, 0.29) is 17.3 Å². The highest BCUT2D eigenvalue weighted by molar-refractivity contribution is 9.10. The van der Waals surface area contributed by atoms with Crippen LogP contribution in [0.15, 0.2) is 22.7 Å². The molecule has 0 atom stereocenters. The number of nitrogens with one attached hydrogen (secondary N) is 1. The van der Waals surface area contributed by atoms with E-state index in [0.717, 1.165) is 13.1 Å². The van der Waals surface area contributed by atoms with Crippen LogP contribution in [0.3, 0.4) is 0 Å². The zero-order valence-corrected chi connectivity index (χ0v) is 14.2. The van der Waals surface area contributed by atoms with E-state index in [0.29, 0.717) is 16.6 Å². The Balaban J connectivity index is 1.96. The van der Waals surface area contributed by atoms with Crippen molar-refractivity contribution in [3.05, 3.63) is 34.1 Å². The Hall–Kier alpha value is -0.940. The minimum absolute atomic E-state index is 0.0669. The van der Waals surface area contributed by atoms with E-state index in [1.165, 1.54) is 37.5 Å². The molecule has 21 heavy (non-hydrogen) atoms. The van der Waals surface area contributed by atoms with Gasteiger partial charge in [0.15, 0.2) is 0 Å². The molecule has 1 aromatic rings. The molecule has 0 bridgehead atoms. The molecule has 1 aliphatic heterocycles. The second kappa shape index (κ2) is 6.88. The molecular formula is C16H22BrFN2O. The predicted octanol–water partition coefficient (Wildman–Crippen LogP) is 3.58. The molecule has 1 amide bonds. The molecule has 1 N–H and O–H groups in total. The average Bonchev–Trinajstić information content (AvgIpc) is 2.46. The monoisotopic (exact) mass is 356 g/mol. The summed E-state index contributed by atoms with van der Waals surface area (Å²) in [4.78, 5) is 14.7. The van der Waals surface area contributed by atoms with Gasteiger partial charge >= 0.3 is 0 Å². The molecule has 116 valence electrons. The van der Waals surface area contributed by atoms with Crippen LogP contribution in [0.5, 0.6) is 0 Å². The van der Waals surface area contributed by atoms with Gasteiger partial charge < -0.3 is 5.32 Å². The normalized spacial score (nSPS) is 16.8. The van der Waals surface area contributed by atoms with Crippen LogP contribution in [0.2, 0.25) is 0 Å². The molecule has 0 aliphatic carbocycles. The second-order valence-corrected chi connectivity index (χ2v) is 7.02. The van der Waals surface area contributed by atoms with Gasteiger partial charge in [-0.3, -0.25) is 9.69 Å². The van der Waals surface area contributed by atoms with Gasteiger partial charge in [-0.15, -0.1) is 0 Å². The third-order valence-corrected chi connectivity index (χ3v) is 4.73. The first-order valence-electron chi connectivity index (χ1n) is 7.38. The van der Waals surface area contributed by atoms with Crippen LogP contribution in [0, 0.1) is 5.82 Å². The van der Waals surface area contributed by atoms with E-state index >= 15 is 0 Å². The molecule has 1 fully saturated rings. The van der Waals surface area contributed by atoms with Gasteiger partial charge in [0.1, 0.15) is 5.82 Å². The molecule has 3 nitrogen and oxygen atoms in total. The first-order chi connectivity index (χ1) is 9.90. The number of rotatable bonds is 4. The lowest BCUT2D eigenvalue weighted by Crippen LogP contribution is -2.53. The fourth-order valence-electron chi connectivity index (χ4n) is 2.68. The maximum Gasteiger partial charge on any atom is 0.252 e. The van der Waals surface area contributed by atoms with Crippen LogP contribution >= 0.6 is 15.9 Å². The molecule has 2 rings (SSSR count). The van der Waals surface area contributed by atoms with Crippen molar-refractivity contribution in [3.63, 3.8) is 0 Å². The fraction of sp³-hybridized carbons (Fsp3) is 0.562. The van der Waals surface area contributed by atoms with Gasteiger partial charge in [-0.05, 0) is 73.9 Å². The Morgan fingerprint density at radius 2 is 2.00 bits per heavy atom. The predicted molar refractivity (Wildman–Crippen MR) is 85.9 cm³/mol. The van der Waals surface area contributed by atoms with Crippen LogP contribution < -0.4 is 5.32 Å². The lowest BCUT2D eigenvalue weighted by Gasteiger charge is -2.41. The van der Waals surface area contributed by atoms with Gasteiger partial charge in [0.2, 0.25) is 0 Å². The molecule has 0 aromatic heterocycles. The van der Waals surface area contributed by atoms with Crippen LogP contribution in [-0.2, 0) is 0 Å². The Morgan fingerprint density at radius 1 is 1.33 bits per heavy atom. The summed E-state index contributed by atoms with van der Waals surface area (Å²) in [6.07, 6.45) is 3.74. The Bertz CT molecular complexity index is 513. The summed E-state index contributed by atoms with van der Waals surface area (Å²) >= 11 is 3.23. The van der Waals surface area contributed by atoms with Gasteiger partial charge in [-0.25, -0.2) is 4.39 Å². The molecule has 0 saturated carbocycles. The largest absolute Gasteiger partial charge is 0.350 e. The molecule has 0 spiro atoms. The number of amides is 1. The van der Waals surface area contributed by atoms with Crippen molar-refractivity contribution in [3.8, 4) is 0 Å². The van der Waals surface area contributed by atoms with Gasteiger partial charge in [-0.2, -0.15) is 0 Å². The fourth-order valence-corrected chi connectivity index (χ4v) is 3.21. The Labute approximate surface area is 134 Å². The van der Waals surface area contributed by atoms with E-state index in [4.69, 9.17) is 0 Å². The Morgan fingerprint density at radius 3 is 2.62 bits per heavy atom. The van der Waals surface area contributed by atoms with E-state index in [1.54, 1.807) is 0 Å². The zero-order chi connectivity index (χ0) is 15.5. The first-order valence-corrected chi connectivity index (χ1v) is 8.18. The molecule has 1 saturated heterocycles. The minimum Gasteiger partial charge on any atom is -0.350 e. The van der Waals surface area contributed by atoms with Crippen molar-refractivity contribution < 1.29 is 9.18 Å². The third kappa shape index (κ3) is 4.27. The number of benzene rings is 1. The minimum atomic E-state index is -0.355. The Kier molecular flexibility index (Phi) is 5.38. The number of hydrogen-bond donors (Lipinski definition) is 1. The molecule has 0 unspecified atom stereocenters. The number of nitrogens with zero attached hydrogens (tertiary/aromatic N) is 1. The molecule has 1 aliphatic rings. The summed E-state index contributed by atoms with van der Waals surface area (Å²) < 4.78 is 13.5. The van der Waals surface area contributed by atoms with E-state index in [2.05, 4.69) is 40.0 Å². The van der Waals surface area contributed by atoms with E-state index in [9.17, 15) is 9.18 Å². The lowest BCUT2D eigenvalue weighted by molar-refractivity contribution is 0.0797. The van der Waals surface area contributed by atoms with Crippen LogP contribution in [0.25, 0.3) is 0 Å². The van der Waals surface area contributed by atoms with E-state index < -0.39 is 0 Å². The van der Waals surface area contributed by atoms with Gasteiger partial charge in [0.05, 0.1) is 5.56 Å². The number of hydrogen-bond acceptors (Lipinski definition) is 2. The van der Waals surface area contributed by atoms with Crippen molar-refractivity contribution >= 4 is 21.8 Å². The highest BCUT2D eigenvalue weighted by atomic mass is 79.9. The van der Waals surface area contributed by atoms with Crippen molar-refractivity contribution in [2.24, 2.45) is 0 Å². The molecule has 0 radical (unpaired) electrons. The number of piperidine rings is 1. The second-order valence-electron chi connectivity index (χ2n) is 6.17. The summed E-state index contributed by atoms with van der Waals surface area (Å²) in [5.41, 5.74) is 0.397. The van der Waals surface area contributed by atoms with Crippen molar-refractivity contribution in [2.75, 3.05) is 19.6 Å². The third-order valence-electron chi connectivity index (χ3n) is 4.07. The molecule has 5 heteroatoms. The van der Waals surface area contributed by atoms with Gasteiger partial charge in [0, 0.05) is 16.6 Å². The average molecular weight is 357 g/mol. The lowest BCUT2D eigenvalue weighted by atomic mass is 9.98. The molecule has 1 heterocycles. The summed E-state index contributed by atoms with van der Waals surface area (Å²) in [7, 11) is 0. The number of likely N-dealkylation sites (tertiary alicyclic amines) is 1. The van der Waals surface area contributed by atoms with Gasteiger partial charge in [-0.1, -0.05) is 6.42 Å². The quantitative estimate of drug-likeness (QED) is 0.893. The highest BCUT2D eigenvalue weighted by Crippen LogP contribution is 2.21. The summed E-state index contributed by atoms with van der Waals surface area (Å²) in [5.74, 6) is -0.529. The van der Waals surface area contributed by atoms with Crippen LogP contribution in [0.4, 0.5) is 4.39 Å². The number of carbonyl (C=O) groups is 1. The zero-order valence-electron chi connectivity index (χ0n) is 12.6. The topological polar surface area (TPSA) is 32.3 Å². The maximum atomic E-state index is 13.1. The SMILES string of the molecule is CC(C)(CNC(=O)c1ccc(F)cc1Br)N1CCCCC1. The van der Waals surface area contributed by atoms with E-state index in [1.807, 2.05) is 0 Å². The number of carbonyl (C=O) groups excluding carboxylic acids is 1. The standard InChI is InChI=1S/C16H22BrFN2O/c1-16(2,20-8-4-3-5-9-20)11-19-15(21)13-7-6-12(18)10-14(13)17/h6-7,10H,3-5,8-9,11H2,1-2H3,(H,19,21). The van der Waals surface area contributed by atoms with Crippen LogP contribution in [0.1, 0.15) is 43.5 Å². The summed E-state index contributed by atoms with van der Waals surface area (Å²) in [6, 6.07) is 4.11.